The quantitative estimate of drug-likeness (QED) is 0.846. The van der Waals surface area contributed by atoms with Crippen LogP contribution in [0.15, 0.2) is 18.2 Å². The molecular formula is C15H23N3O. The lowest BCUT2D eigenvalue weighted by Crippen LogP contribution is -2.21. The summed E-state index contributed by atoms with van der Waals surface area (Å²) in [6, 6.07) is 2.44. The lowest BCUT2D eigenvalue weighted by atomic mass is 9.95. The molecule has 1 N–H and O–H groups in total. The highest BCUT2D eigenvalue weighted by atomic mass is 16.5. The van der Waals surface area contributed by atoms with Crippen LogP contribution in [0.2, 0.25) is 0 Å². The first-order chi connectivity index (χ1) is 8.99. The molecule has 104 valence electrons. The van der Waals surface area contributed by atoms with Crippen molar-refractivity contribution < 1.29 is 4.74 Å². The molecule has 0 radical (unpaired) electrons. The van der Waals surface area contributed by atoms with E-state index in [-0.39, 0.29) is 5.41 Å². The summed E-state index contributed by atoms with van der Waals surface area (Å²) < 4.78 is 5.19. The first-order valence-corrected chi connectivity index (χ1v) is 6.78. The van der Waals surface area contributed by atoms with Crippen LogP contribution in [0.1, 0.15) is 45.1 Å². The van der Waals surface area contributed by atoms with Crippen molar-refractivity contribution in [3.05, 3.63) is 29.7 Å². The SMILES string of the molecule is COCc1cc(NC2CC=CC2)nc(C(C)(C)C)n1. The van der Waals surface area contributed by atoms with E-state index in [1.54, 1.807) is 7.11 Å². The normalized spacial score (nSPS) is 16.0. The zero-order chi connectivity index (χ0) is 13.9. The number of ether oxygens (including phenoxy) is 1. The Morgan fingerprint density at radius 1 is 1.26 bits per heavy atom. The van der Waals surface area contributed by atoms with Gasteiger partial charge in [-0.3, -0.25) is 0 Å². The molecule has 2 rings (SSSR count). The number of methoxy groups -OCH3 is 1. The second-order valence-electron chi connectivity index (χ2n) is 6.04. The molecule has 0 fully saturated rings. The molecule has 1 aromatic heterocycles. The third-order valence-electron chi connectivity index (χ3n) is 3.10. The molecule has 0 bridgehead atoms. The van der Waals surface area contributed by atoms with E-state index >= 15 is 0 Å². The summed E-state index contributed by atoms with van der Waals surface area (Å²) >= 11 is 0. The summed E-state index contributed by atoms with van der Waals surface area (Å²) in [5.74, 6) is 1.76. The molecule has 0 aromatic carbocycles. The Morgan fingerprint density at radius 2 is 1.95 bits per heavy atom. The Hall–Kier alpha value is -1.42. The van der Waals surface area contributed by atoms with E-state index in [0.717, 1.165) is 30.2 Å². The van der Waals surface area contributed by atoms with Gasteiger partial charge in [-0.2, -0.15) is 0 Å². The summed E-state index contributed by atoms with van der Waals surface area (Å²) in [6.07, 6.45) is 6.54. The van der Waals surface area contributed by atoms with E-state index in [2.05, 4.69) is 48.2 Å². The number of nitrogens with zero attached hydrogens (tertiary/aromatic N) is 2. The fourth-order valence-corrected chi connectivity index (χ4v) is 2.07. The topological polar surface area (TPSA) is 47.0 Å². The van der Waals surface area contributed by atoms with Gasteiger partial charge in [-0.05, 0) is 12.8 Å². The molecule has 0 aliphatic heterocycles. The summed E-state index contributed by atoms with van der Waals surface area (Å²) in [7, 11) is 1.69. The number of hydrogen-bond donors (Lipinski definition) is 1. The summed E-state index contributed by atoms with van der Waals surface area (Å²) in [5, 5.41) is 3.48. The van der Waals surface area contributed by atoms with Gasteiger partial charge in [0.05, 0.1) is 12.3 Å². The van der Waals surface area contributed by atoms with Gasteiger partial charge in [0.1, 0.15) is 11.6 Å². The molecule has 19 heavy (non-hydrogen) atoms. The molecule has 0 saturated heterocycles. The van der Waals surface area contributed by atoms with Crippen molar-refractivity contribution in [2.24, 2.45) is 0 Å². The van der Waals surface area contributed by atoms with Crippen LogP contribution in [0.25, 0.3) is 0 Å². The predicted molar refractivity (Wildman–Crippen MR) is 77.2 cm³/mol. The minimum atomic E-state index is -0.0614. The van der Waals surface area contributed by atoms with Crippen molar-refractivity contribution in [3.63, 3.8) is 0 Å². The highest BCUT2D eigenvalue weighted by molar-refractivity contribution is 5.39. The van der Waals surface area contributed by atoms with Crippen LogP contribution >= 0.6 is 0 Å². The van der Waals surface area contributed by atoms with Crippen molar-refractivity contribution >= 4 is 5.82 Å². The lowest BCUT2D eigenvalue weighted by molar-refractivity contribution is 0.181. The second kappa shape index (κ2) is 5.70. The minimum Gasteiger partial charge on any atom is -0.378 e. The Balaban J connectivity index is 2.23. The van der Waals surface area contributed by atoms with Gasteiger partial charge in [0.25, 0.3) is 0 Å². The molecule has 0 atom stereocenters. The van der Waals surface area contributed by atoms with Crippen LogP contribution in [0.3, 0.4) is 0 Å². The zero-order valence-electron chi connectivity index (χ0n) is 12.2. The Bertz CT molecular complexity index is 455. The lowest BCUT2D eigenvalue weighted by Gasteiger charge is -2.20. The maximum absolute atomic E-state index is 5.19. The second-order valence-corrected chi connectivity index (χ2v) is 6.04. The van der Waals surface area contributed by atoms with Gasteiger partial charge >= 0.3 is 0 Å². The third kappa shape index (κ3) is 3.77. The van der Waals surface area contributed by atoms with Crippen LogP contribution in [0.4, 0.5) is 5.82 Å². The summed E-state index contributed by atoms with van der Waals surface area (Å²) in [6.45, 7) is 6.89. The van der Waals surface area contributed by atoms with Gasteiger partial charge in [0.15, 0.2) is 0 Å². The van der Waals surface area contributed by atoms with E-state index in [4.69, 9.17) is 4.74 Å². The van der Waals surface area contributed by atoms with Crippen molar-refractivity contribution in [1.82, 2.24) is 9.97 Å². The molecule has 4 heteroatoms. The average Bonchev–Trinajstić information content (AvgIpc) is 2.81. The van der Waals surface area contributed by atoms with Crippen molar-refractivity contribution in [2.45, 2.75) is 51.7 Å². The Labute approximate surface area is 115 Å². The van der Waals surface area contributed by atoms with Gasteiger partial charge < -0.3 is 10.1 Å². The largest absolute Gasteiger partial charge is 0.378 e. The first-order valence-electron chi connectivity index (χ1n) is 6.78. The Kier molecular flexibility index (Phi) is 4.20. The van der Waals surface area contributed by atoms with Crippen molar-refractivity contribution in [1.29, 1.82) is 0 Å². The minimum absolute atomic E-state index is 0.0614. The fourth-order valence-electron chi connectivity index (χ4n) is 2.07. The smallest absolute Gasteiger partial charge is 0.136 e. The molecule has 0 saturated carbocycles. The van der Waals surface area contributed by atoms with Crippen molar-refractivity contribution in [2.75, 3.05) is 12.4 Å². The number of anilines is 1. The molecular weight excluding hydrogens is 238 g/mol. The molecule has 0 unspecified atom stereocenters. The van der Waals surface area contributed by atoms with Gasteiger partial charge in [0, 0.05) is 24.6 Å². The zero-order valence-corrected chi connectivity index (χ0v) is 12.2. The Morgan fingerprint density at radius 3 is 2.53 bits per heavy atom. The number of rotatable bonds is 4. The maximum Gasteiger partial charge on any atom is 0.136 e. The molecule has 0 spiro atoms. The van der Waals surface area contributed by atoms with E-state index in [1.807, 2.05) is 6.07 Å². The molecule has 1 aromatic rings. The van der Waals surface area contributed by atoms with Crippen LogP contribution in [-0.2, 0) is 16.8 Å². The van der Waals surface area contributed by atoms with Crippen LogP contribution in [0.5, 0.6) is 0 Å². The molecule has 1 aliphatic carbocycles. The van der Waals surface area contributed by atoms with E-state index in [0.29, 0.717) is 12.6 Å². The number of hydrogen-bond acceptors (Lipinski definition) is 4. The predicted octanol–water partition coefficient (Wildman–Crippen LogP) is 3.05. The van der Waals surface area contributed by atoms with Gasteiger partial charge in [-0.25, -0.2) is 9.97 Å². The highest BCUT2D eigenvalue weighted by Crippen LogP contribution is 2.22. The van der Waals surface area contributed by atoms with Crippen LogP contribution in [0, 0.1) is 0 Å². The first kappa shape index (κ1) is 14.0. The highest BCUT2D eigenvalue weighted by Gasteiger charge is 2.20. The number of nitrogens with one attached hydrogen (secondary N) is 1. The molecule has 1 aliphatic rings. The average molecular weight is 261 g/mol. The van der Waals surface area contributed by atoms with E-state index in [9.17, 15) is 0 Å². The molecule has 0 amide bonds. The van der Waals surface area contributed by atoms with Gasteiger partial charge in [0.2, 0.25) is 0 Å². The monoisotopic (exact) mass is 261 g/mol. The van der Waals surface area contributed by atoms with E-state index < -0.39 is 0 Å². The van der Waals surface area contributed by atoms with Crippen LogP contribution < -0.4 is 5.32 Å². The summed E-state index contributed by atoms with van der Waals surface area (Å²) in [5.41, 5.74) is 0.865. The standard InChI is InChI=1S/C15H23N3O/c1-15(2,3)14-17-12(10-19-4)9-13(18-14)16-11-7-5-6-8-11/h5-6,9,11H,7-8,10H2,1-4H3,(H,16,17,18). The number of aromatic nitrogens is 2. The van der Waals surface area contributed by atoms with Gasteiger partial charge in [-0.1, -0.05) is 32.9 Å². The van der Waals surface area contributed by atoms with Crippen LogP contribution in [-0.4, -0.2) is 23.1 Å². The van der Waals surface area contributed by atoms with E-state index in [1.165, 1.54) is 0 Å². The fraction of sp³-hybridized carbons (Fsp3) is 0.600. The summed E-state index contributed by atoms with van der Waals surface area (Å²) in [4.78, 5) is 9.22. The molecule has 1 heterocycles. The molecule has 4 nitrogen and oxygen atoms in total. The van der Waals surface area contributed by atoms with Gasteiger partial charge in [-0.15, -0.1) is 0 Å². The third-order valence-corrected chi connectivity index (χ3v) is 3.10. The van der Waals surface area contributed by atoms with Crippen molar-refractivity contribution in [3.8, 4) is 0 Å². The maximum atomic E-state index is 5.19.